The molecule has 1 atom stereocenters. The number of aryl methyl sites for hydroxylation is 1. The molecule has 2 rings (SSSR count). The molecule has 0 fully saturated rings. The van der Waals surface area contributed by atoms with Gasteiger partial charge in [0, 0.05) is 16.5 Å². The van der Waals surface area contributed by atoms with E-state index < -0.39 is 11.9 Å². The van der Waals surface area contributed by atoms with Crippen molar-refractivity contribution in [1.29, 1.82) is 0 Å². The molecule has 2 aromatic rings. The second-order valence-electron chi connectivity index (χ2n) is 3.85. The first-order valence-electron chi connectivity index (χ1n) is 5.44. The van der Waals surface area contributed by atoms with Gasteiger partial charge >= 0.3 is 0 Å². The maximum absolute atomic E-state index is 13.8. The highest BCUT2D eigenvalue weighted by Crippen LogP contribution is 2.32. The molecular weight excluding hydrogens is 322 g/mol. The van der Waals surface area contributed by atoms with Crippen molar-refractivity contribution in [3.63, 3.8) is 0 Å². The van der Waals surface area contributed by atoms with Gasteiger partial charge in [-0.05, 0) is 40.2 Å². The topological polar surface area (TPSA) is 33.4 Å². The van der Waals surface area contributed by atoms with Gasteiger partial charge in [0.05, 0.1) is 5.02 Å². The van der Waals surface area contributed by atoms with Crippen LogP contribution in [0.1, 0.15) is 30.1 Å². The summed E-state index contributed by atoms with van der Waals surface area (Å²) in [6, 6.07) is 6.01. The fourth-order valence-corrected chi connectivity index (χ4v) is 2.12. The summed E-state index contributed by atoms with van der Waals surface area (Å²) >= 11 is 9.02. The fourth-order valence-electron chi connectivity index (χ4n) is 1.63. The van der Waals surface area contributed by atoms with Crippen LogP contribution in [-0.2, 0) is 6.42 Å². The Bertz CT molecular complexity index is 568. The Balaban J connectivity index is 2.39. The molecule has 0 saturated carbocycles. The van der Waals surface area contributed by atoms with Crippen molar-refractivity contribution < 1.29 is 13.9 Å². The summed E-state index contributed by atoms with van der Waals surface area (Å²) in [4.78, 5) is 0. The molecule has 2 nitrogen and oxygen atoms in total. The SMILES string of the molecule is CCc1ccc(C(O)c2cc(Cl)c(Br)cc2F)o1. The smallest absolute Gasteiger partial charge is 0.139 e. The van der Waals surface area contributed by atoms with Crippen LogP contribution < -0.4 is 0 Å². The minimum absolute atomic E-state index is 0.0974. The van der Waals surface area contributed by atoms with Crippen molar-refractivity contribution in [2.24, 2.45) is 0 Å². The summed E-state index contributed by atoms with van der Waals surface area (Å²) < 4.78 is 19.6. The van der Waals surface area contributed by atoms with Crippen LogP contribution in [-0.4, -0.2) is 5.11 Å². The van der Waals surface area contributed by atoms with E-state index in [9.17, 15) is 9.50 Å². The zero-order valence-electron chi connectivity index (χ0n) is 9.58. The molecule has 18 heavy (non-hydrogen) atoms. The van der Waals surface area contributed by atoms with E-state index in [1.165, 1.54) is 12.1 Å². The third-order valence-electron chi connectivity index (χ3n) is 2.63. The highest BCUT2D eigenvalue weighted by Gasteiger charge is 2.20. The minimum atomic E-state index is -1.16. The van der Waals surface area contributed by atoms with Crippen molar-refractivity contribution in [2.75, 3.05) is 0 Å². The van der Waals surface area contributed by atoms with Gasteiger partial charge in [-0.3, -0.25) is 0 Å². The largest absolute Gasteiger partial charge is 0.463 e. The van der Waals surface area contributed by atoms with Crippen molar-refractivity contribution in [3.8, 4) is 0 Å². The number of hydrogen-bond donors (Lipinski definition) is 1. The van der Waals surface area contributed by atoms with Gasteiger partial charge in [0.25, 0.3) is 0 Å². The Morgan fingerprint density at radius 3 is 2.78 bits per heavy atom. The normalized spacial score (nSPS) is 12.7. The average molecular weight is 334 g/mol. The quantitative estimate of drug-likeness (QED) is 0.840. The number of halogens is 3. The molecule has 5 heteroatoms. The zero-order valence-corrected chi connectivity index (χ0v) is 11.9. The maximum Gasteiger partial charge on any atom is 0.139 e. The maximum atomic E-state index is 13.8. The van der Waals surface area contributed by atoms with Gasteiger partial charge in [-0.25, -0.2) is 4.39 Å². The van der Waals surface area contributed by atoms with Crippen LogP contribution >= 0.6 is 27.5 Å². The van der Waals surface area contributed by atoms with Crippen molar-refractivity contribution in [2.45, 2.75) is 19.4 Å². The number of aliphatic hydroxyl groups excluding tert-OH is 1. The predicted octanol–water partition coefficient (Wildman–Crippen LogP) is 4.48. The van der Waals surface area contributed by atoms with E-state index >= 15 is 0 Å². The molecule has 0 aliphatic rings. The van der Waals surface area contributed by atoms with Gasteiger partial charge in [-0.1, -0.05) is 18.5 Å². The second kappa shape index (κ2) is 5.43. The van der Waals surface area contributed by atoms with Crippen LogP contribution in [0, 0.1) is 5.82 Å². The molecule has 0 saturated heterocycles. The van der Waals surface area contributed by atoms with E-state index in [-0.39, 0.29) is 5.56 Å². The van der Waals surface area contributed by atoms with Crippen molar-refractivity contribution in [1.82, 2.24) is 0 Å². The van der Waals surface area contributed by atoms with Crippen LogP contribution in [0.15, 0.2) is 33.2 Å². The summed E-state index contributed by atoms with van der Waals surface area (Å²) in [5.74, 6) is 0.519. The van der Waals surface area contributed by atoms with E-state index in [1.807, 2.05) is 6.92 Å². The van der Waals surface area contributed by atoms with Crippen LogP contribution in [0.4, 0.5) is 4.39 Å². The lowest BCUT2D eigenvalue weighted by Gasteiger charge is -2.10. The lowest BCUT2D eigenvalue weighted by molar-refractivity contribution is 0.182. The molecule has 0 spiro atoms. The van der Waals surface area contributed by atoms with Gasteiger partial charge in [0.1, 0.15) is 23.4 Å². The molecule has 0 aliphatic heterocycles. The van der Waals surface area contributed by atoms with E-state index in [1.54, 1.807) is 12.1 Å². The third kappa shape index (κ3) is 2.60. The zero-order chi connectivity index (χ0) is 13.3. The molecule has 1 aromatic heterocycles. The minimum Gasteiger partial charge on any atom is -0.463 e. The number of hydrogen-bond acceptors (Lipinski definition) is 2. The number of rotatable bonds is 3. The molecule has 1 unspecified atom stereocenters. The molecule has 1 N–H and O–H groups in total. The van der Waals surface area contributed by atoms with Gasteiger partial charge in [-0.2, -0.15) is 0 Å². The summed E-state index contributed by atoms with van der Waals surface area (Å²) in [6.07, 6.45) is -0.438. The van der Waals surface area contributed by atoms with E-state index in [0.29, 0.717) is 15.3 Å². The molecular formula is C13H11BrClFO2. The summed E-state index contributed by atoms with van der Waals surface area (Å²) in [6.45, 7) is 1.94. The lowest BCUT2D eigenvalue weighted by atomic mass is 10.1. The first kappa shape index (κ1) is 13.6. The highest BCUT2D eigenvalue weighted by atomic mass is 79.9. The lowest BCUT2D eigenvalue weighted by Crippen LogP contribution is -2.01. The monoisotopic (exact) mass is 332 g/mol. The van der Waals surface area contributed by atoms with Crippen LogP contribution in [0.5, 0.6) is 0 Å². The third-order valence-corrected chi connectivity index (χ3v) is 3.83. The Morgan fingerprint density at radius 2 is 2.17 bits per heavy atom. The number of benzene rings is 1. The van der Waals surface area contributed by atoms with Crippen LogP contribution in [0.2, 0.25) is 5.02 Å². The molecule has 0 bridgehead atoms. The van der Waals surface area contributed by atoms with Crippen molar-refractivity contribution >= 4 is 27.5 Å². The summed E-state index contributed by atoms with van der Waals surface area (Å²) in [5.41, 5.74) is 0.0974. The summed E-state index contributed by atoms with van der Waals surface area (Å²) in [7, 11) is 0. The second-order valence-corrected chi connectivity index (χ2v) is 5.11. The fraction of sp³-hybridized carbons (Fsp3) is 0.231. The average Bonchev–Trinajstić information content (AvgIpc) is 2.81. The van der Waals surface area contributed by atoms with E-state index in [2.05, 4.69) is 15.9 Å². The van der Waals surface area contributed by atoms with Crippen LogP contribution in [0.25, 0.3) is 0 Å². The standard InChI is InChI=1S/C13H11BrClFO2/c1-2-7-3-4-12(18-7)13(17)8-5-10(15)9(14)6-11(8)16/h3-6,13,17H,2H2,1H3. The number of aliphatic hydroxyl groups is 1. The Labute approximate surface area is 118 Å². The molecule has 0 aliphatic carbocycles. The first-order chi connectivity index (χ1) is 8.52. The van der Waals surface area contributed by atoms with Crippen LogP contribution in [0.3, 0.4) is 0 Å². The molecule has 0 amide bonds. The Hall–Kier alpha value is -0.840. The van der Waals surface area contributed by atoms with E-state index in [4.69, 9.17) is 16.0 Å². The number of furan rings is 1. The summed E-state index contributed by atoms with van der Waals surface area (Å²) in [5, 5.41) is 10.4. The molecule has 1 heterocycles. The Kier molecular flexibility index (Phi) is 4.10. The molecule has 1 aromatic carbocycles. The molecule has 0 radical (unpaired) electrons. The predicted molar refractivity (Wildman–Crippen MR) is 71.3 cm³/mol. The van der Waals surface area contributed by atoms with Gasteiger partial charge in [0.15, 0.2) is 0 Å². The Morgan fingerprint density at radius 1 is 1.44 bits per heavy atom. The van der Waals surface area contributed by atoms with Gasteiger partial charge in [0.2, 0.25) is 0 Å². The van der Waals surface area contributed by atoms with Gasteiger partial charge in [-0.15, -0.1) is 0 Å². The highest BCUT2D eigenvalue weighted by molar-refractivity contribution is 9.10. The molecule has 96 valence electrons. The van der Waals surface area contributed by atoms with Crippen molar-refractivity contribution in [3.05, 3.63) is 56.7 Å². The van der Waals surface area contributed by atoms with Gasteiger partial charge < -0.3 is 9.52 Å². The first-order valence-corrected chi connectivity index (χ1v) is 6.61. The van der Waals surface area contributed by atoms with E-state index in [0.717, 1.165) is 12.2 Å².